The number of nitrogens with one attached hydrogen (secondary N) is 1. The minimum Gasteiger partial charge on any atom is -0.329 e. The molecule has 19 heavy (non-hydrogen) atoms. The first-order valence-electron chi connectivity index (χ1n) is 6.59. The Kier molecular flexibility index (Phi) is 2.95. The van der Waals surface area contributed by atoms with Crippen LogP contribution in [0.3, 0.4) is 0 Å². The molecular formula is C15H17N3O. The molecule has 4 nitrogen and oxygen atoms in total. The van der Waals surface area contributed by atoms with E-state index in [0.29, 0.717) is 6.54 Å². The highest BCUT2D eigenvalue weighted by atomic mass is 16.2. The lowest BCUT2D eigenvalue weighted by molar-refractivity contribution is -0.129. The maximum absolute atomic E-state index is 12.4. The van der Waals surface area contributed by atoms with Crippen molar-refractivity contribution < 1.29 is 4.79 Å². The summed E-state index contributed by atoms with van der Waals surface area (Å²) in [6.07, 6.45) is 6.40. The van der Waals surface area contributed by atoms with Gasteiger partial charge in [0.1, 0.15) is 0 Å². The highest BCUT2D eigenvalue weighted by Crippen LogP contribution is 2.41. The van der Waals surface area contributed by atoms with Gasteiger partial charge in [0.2, 0.25) is 5.91 Å². The zero-order chi connectivity index (χ0) is 13.3. The van der Waals surface area contributed by atoms with Crippen LogP contribution < -0.4 is 11.1 Å². The number of fused-ring (bicyclic) bond motifs is 1. The predicted molar refractivity (Wildman–Crippen MR) is 75.7 cm³/mol. The van der Waals surface area contributed by atoms with Crippen molar-refractivity contribution in [2.45, 2.75) is 19.3 Å². The van der Waals surface area contributed by atoms with E-state index >= 15 is 0 Å². The van der Waals surface area contributed by atoms with Crippen molar-refractivity contribution in [3.05, 3.63) is 36.7 Å². The molecule has 3 N–H and O–H groups in total. The van der Waals surface area contributed by atoms with Gasteiger partial charge in [0.25, 0.3) is 0 Å². The fourth-order valence-corrected chi connectivity index (χ4v) is 2.61. The first kappa shape index (κ1) is 12.1. The quantitative estimate of drug-likeness (QED) is 0.884. The first-order valence-corrected chi connectivity index (χ1v) is 6.59. The predicted octanol–water partition coefficient (Wildman–Crippen LogP) is 2.30. The summed E-state index contributed by atoms with van der Waals surface area (Å²) in [5.74, 6) is 0.0468. The van der Waals surface area contributed by atoms with Gasteiger partial charge in [-0.2, -0.15) is 0 Å². The molecule has 1 fully saturated rings. The third-order valence-corrected chi connectivity index (χ3v) is 4.11. The molecule has 1 aromatic carbocycles. The third-order valence-electron chi connectivity index (χ3n) is 4.11. The molecule has 1 aliphatic rings. The van der Waals surface area contributed by atoms with Crippen LogP contribution in [-0.4, -0.2) is 17.4 Å². The van der Waals surface area contributed by atoms with E-state index in [-0.39, 0.29) is 11.3 Å². The molecule has 3 rings (SSSR count). The maximum atomic E-state index is 12.4. The average Bonchev–Trinajstić information content (AvgIpc) is 2.38. The van der Waals surface area contributed by atoms with E-state index in [0.717, 1.165) is 35.7 Å². The minimum atomic E-state index is -0.352. The number of amides is 1. The molecule has 0 atom stereocenters. The zero-order valence-corrected chi connectivity index (χ0v) is 10.7. The Hall–Kier alpha value is -1.94. The standard InChI is InChI=1S/C15H17N3O/c16-10-15(6-2-7-15)14(19)18-13-4-1-3-11-9-17-8-5-12(11)13/h1,3-5,8-9H,2,6-7,10,16H2,(H,18,19). The molecule has 1 saturated carbocycles. The van der Waals surface area contributed by atoms with Crippen molar-refractivity contribution in [2.75, 3.05) is 11.9 Å². The Morgan fingerprint density at radius 2 is 2.21 bits per heavy atom. The molecule has 0 unspecified atom stereocenters. The van der Waals surface area contributed by atoms with E-state index in [9.17, 15) is 4.79 Å². The van der Waals surface area contributed by atoms with E-state index in [2.05, 4.69) is 10.3 Å². The number of nitrogens with two attached hydrogens (primary N) is 1. The smallest absolute Gasteiger partial charge is 0.231 e. The second-order valence-corrected chi connectivity index (χ2v) is 5.19. The maximum Gasteiger partial charge on any atom is 0.231 e. The number of rotatable bonds is 3. The van der Waals surface area contributed by atoms with Crippen molar-refractivity contribution in [3.63, 3.8) is 0 Å². The Balaban J connectivity index is 1.91. The summed E-state index contributed by atoms with van der Waals surface area (Å²) in [7, 11) is 0. The zero-order valence-electron chi connectivity index (χ0n) is 10.7. The fourth-order valence-electron chi connectivity index (χ4n) is 2.61. The van der Waals surface area contributed by atoms with Crippen LogP contribution in [0.1, 0.15) is 19.3 Å². The topological polar surface area (TPSA) is 68.0 Å². The summed E-state index contributed by atoms with van der Waals surface area (Å²) in [6, 6.07) is 7.75. The largest absolute Gasteiger partial charge is 0.329 e. The average molecular weight is 255 g/mol. The lowest BCUT2D eigenvalue weighted by Crippen LogP contribution is -2.47. The van der Waals surface area contributed by atoms with Gasteiger partial charge in [-0.25, -0.2) is 0 Å². The van der Waals surface area contributed by atoms with E-state index < -0.39 is 0 Å². The van der Waals surface area contributed by atoms with E-state index in [1.54, 1.807) is 12.4 Å². The van der Waals surface area contributed by atoms with Gasteiger partial charge < -0.3 is 11.1 Å². The molecule has 2 aromatic rings. The summed E-state index contributed by atoms with van der Waals surface area (Å²) in [6.45, 7) is 0.422. The number of carbonyl (C=O) groups is 1. The molecule has 1 heterocycles. The van der Waals surface area contributed by atoms with E-state index in [1.807, 2.05) is 24.3 Å². The molecule has 1 amide bonds. The number of hydrogen-bond donors (Lipinski definition) is 2. The second kappa shape index (κ2) is 4.63. The first-order chi connectivity index (χ1) is 9.25. The lowest BCUT2D eigenvalue weighted by Gasteiger charge is -2.39. The molecule has 0 spiro atoms. The number of hydrogen-bond acceptors (Lipinski definition) is 3. The van der Waals surface area contributed by atoms with Crippen LogP contribution in [0, 0.1) is 5.41 Å². The van der Waals surface area contributed by atoms with Gasteiger partial charge in [-0.05, 0) is 25.0 Å². The summed E-state index contributed by atoms with van der Waals surface area (Å²) in [5, 5.41) is 5.07. The number of nitrogens with zero attached hydrogens (tertiary/aromatic N) is 1. The van der Waals surface area contributed by atoms with E-state index in [1.165, 1.54) is 0 Å². The van der Waals surface area contributed by atoms with Gasteiger partial charge in [0, 0.05) is 35.4 Å². The van der Waals surface area contributed by atoms with Crippen molar-refractivity contribution in [3.8, 4) is 0 Å². The van der Waals surface area contributed by atoms with Crippen LogP contribution in [-0.2, 0) is 4.79 Å². The van der Waals surface area contributed by atoms with Crippen LogP contribution in [0.4, 0.5) is 5.69 Å². The van der Waals surface area contributed by atoms with Gasteiger partial charge in [0.05, 0.1) is 5.41 Å². The summed E-state index contributed by atoms with van der Waals surface area (Å²) >= 11 is 0. The minimum absolute atomic E-state index is 0.0468. The Bertz CT molecular complexity index is 609. The van der Waals surface area contributed by atoms with Gasteiger partial charge in [-0.15, -0.1) is 0 Å². The number of anilines is 1. The third kappa shape index (κ3) is 1.98. The van der Waals surface area contributed by atoms with E-state index in [4.69, 9.17) is 5.73 Å². The monoisotopic (exact) mass is 255 g/mol. The Morgan fingerprint density at radius 1 is 1.37 bits per heavy atom. The molecule has 1 aliphatic carbocycles. The second-order valence-electron chi connectivity index (χ2n) is 5.19. The fraction of sp³-hybridized carbons (Fsp3) is 0.333. The molecule has 0 bridgehead atoms. The van der Waals surface area contributed by atoms with Crippen molar-refractivity contribution in [1.82, 2.24) is 4.98 Å². The van der Waals surface area contributed by atoms with Crippen LogP contribution in [0.2, 0.25) is 0 Å². The number of carbonyl (C=O) groups excluding carboxylic acids is 1. The molecule has 4 heteroatoms. The Morgan fingerprint density at radius 3 is 2.89 bits per heavy atom. The normalized spacial score (nSPS) is 16.9. The molecule has 0 aliphatic heterocycles. The van der Waals surface area contributed by atoms with Crippen molar-refractivity contribution >= 4 is 22.4 Å². The highest BCUT2D eigenvalue weighted by molar-refractivity contribution is 6.04. The molecule has 1 aromatic heterocycles. The number of benzene rings is 1. The number of pyridine rings is 1. The van der Waals surface area contributed by atoms with Gasteiger partial charge >= 0.3 is 0 Å². The van der Waals surface area contributed by atoms with Gasteiger partial charge in [-0.1, -0.05) is 18.6 Å². The van der Waals surface area contributed by atoms with Gasteiger partial charge in [0.15, 0.2) is 0 Å². The summed E-state index contributed by atoms with van der Waals surface area (Å²) in [4.78, 5) is 16.5. The van der Waals surface area contributed by atoms with Crippen molar-refractivity contribution in [2.24, 2.45) is 11.1 Å². The van der Waals surface area contributed by atoms with Crippen LogP contribution in [0.15, 0.2) is 36.7 Å². The van der Waals surface area contributed by atoms with Crippen LogP contribution in [0.5, 0.6) is 0 Å². The molecular weight excluding hydrogens is 238 g/mol. The van der Waals surface area contributed by atoms with Crippen LogP contribution >= 0.6 is 0 Å². The molecule has 98 valence electrons. The molecule has 0 saturated heterocycles. The van der Waals surface area contributed by atoms with Crippen molar-refractivity contribution in [1.29, 1.82) is 0 Å². The summed E-state index contributed by atoms with van der Waals surface area (Å²) in [5.41, 5.74) is 6.25. The highest BCUT2D eigenvalue weighted by Gasteiger charge is 2.42. The Labute approximate surface area is 112 Å². The molecule has 0 radical (unpaired) electrons. The summed E-state index contributed by atoms with van der Waals surface area (Å²) < 4.78 is 0. The number of aromatic nitrogens is 1. The van der Waals surface area contributed by atoms with Gasteiger partial charge in [-0.3, -0.25) is 9.78 Å². The lowest BCUT2D eigenvalue weighted by atomic mass is 9.68. The SMILES string of the molecule is NCC1(C(=O)Nc2cccc3cnccc23)CCC1. The van der Waals surface area contributed by atoms with Crippen LogP contribution in [0.25, 0.3) is 10.8 Å².